The zero-order valence-electron chi connectivity index (χ0n) is 23.4. The van der Waals surface area contributed by atoms with Crippen LogP contribution >= 0.6 is 0 Å². The first-order valence-corrected chi connectivity index (χ1v) is 16.0. The van der Waals surface area contributed by atoms with Crippen LogP contribution in [0, 0.1) is 0 Å². The van der Waals surface area contributed by atoms with Crippen molar-refractivity contribution in [1.82, 2.24) is 0 Å². The van der Waals surface area contributed by atoms with Gasteiger partial charge in [0.15, 0.2) is 0 Å². The van der Waals surface area contributed by atoms with Crippen LogP contribution in [0.1, 0.15) is 130 Å². The highest BCUT2D eigenvalue weighted by atomic mass is 35.5. The molecule has 0 saturated heterocycles. The predicted molar refractivity (Wildman–Crippen MR) is 142 cm³/mol. The lowest BCUT2D eigenvalue weighted by Gasteiger charge is -2.42. The first-order valence-electron chi connectivity index (χ1n) is 14.1. The van der Waals surface area contributed by atoms with E-state index in [1.807, 2.05) is 0 Å². The Hall–Kier alpha value is 0.347. The first-order chi connectivity index (χ1) is 15.6. The van der Waals surface area contributed by atoms with E-state index in [2.05, 4.69) is 20.8 Å². The summed E-state index contributed by atoms with van der Waals surface area (Å²) in [6.45, 7) is 10.6. The Balaban J connectivity index is 0. The molecule has 0 saturated carbocycles. The fourth-order valence-corrected chi connectivity index (χ4v) is 7.25. The Labute approximate surface area is 215 Å². The largest absolute Gasteiger partial charge is 1.00 e. The van der Waals surface area contributed by atoms with Gasteiger partial charge in [-0.3, -0.25) is 0 Å². The van der Waals surface area contributed by atoms with Gasteiger partial charge in [0.25, 0.3) is 0 Å². The molecule has 0 bridgehead atoms. The first kappa shape index (κ1) is 35.5. The van der Waals surface area contributed by atoms with Crippen LogP contribution in [0.2, 0.25) is 0 Å². The minimum atomic E-state index is -2.60. The number of rotatable bonds is 25. The average Bonchev–Trinajstić information content (AvgIpc) is 2.81. The normalized spacial score (nSPS) is 12.2. The summed E-state index contributed by atoms with van der Waals surface area (Å²) < 4.78 is 18.8. The second-order valence-corrected chi connectivity index (χ2v) is 12.8. The fourth-order valence-electron chi connectivity index (χ4n) is 5.06. The molecule has 6 heteroatoms. The van der Waals surface area contributed by atoms with E-state index in [-0.39, 0.29) is 12.4 Å². The monoisotopic (exact) mass is 509 g/mol. The van der Waals surface area contributed by atoms with Crippen LogP contribution in [-0.4, -0.2) is 60.4 Å². The fraction of sp³-hybridized carbons (Fsp3) is 1.00. The minimum Gasteiger partial charge on any atom is -1.00 e. The lowest BCUT2D eigenvalue weighted by Crippen LogP contribution is -3.00. The second kappa shape index (κ2) is 24.1. The summed E-state index contributed by atoms with van der Waals surface area (Å²) in [5.41, 5.74) is 0. The Morgan fingerprint density at radius 1 is 0.455 bits per heavy atom. The topological polar surface area (TPSA) is 27.7 Å². The van der Waals surface area contributed by atoms with Gasteiger partial charge in [-0.15, -0.1) is 0 Å². The zero-order chi connectivity index (χ0) is 24.0. The standard InChI is InChI=1S/C27H60NO3Si.ClH/c1-7-10-12-14-16-18-20-22-25-28(24-9-3,27-32(29-4,30-5)31-6)26-23-21-19-17-15-13-11-8-2;/h7-27H2,1-6H3;1H/q+1;/p-1. The van der Waals surface area contributed by atoms with E-state index in [1.165, 1.54) is 129 Å². The van der Waals surface area contributed by atoms with Crippen LogP contribution in [0.25, 0.3) is 0 Å². The van der Waals surface area contributed by atoms with Gasteiger partial charge >= 0.3 is 8.80 Å². The number of halogens is 1. The van der Waals surface area contributed by atoms with Gasteiger partial charge in [0.1, 0.15) is 6.17 Å². The molecule has 0 radical (unpaired) electrons. The van der Waals surface area contributed by atoms with Crippen molar-refractivity contribution >= 4 is 8.80 Å². The number of quaternary nitrogens is 1. The molecular weight excluding hydrogens is 450 g/mol. The van der Waals surface area contributed by atoms with E-state index in [0.717, 1.165) is 10.7 Å². The summed E-state index contributed by atoms with van der Waals surface area (Å²) in [7, 11) is 2.71. The van der Waals surface area contributed by atoms with Gasteiger partial charge in [0.05, 0.1) is 19.6 Å². The Kier molecular flexibility index (Phi) is 25.9. The van der Waals surface area contributed by atoms with Crippen LogP contribution < -0.4 is 12.4 Å². The molecule has 4 nitrogen and oxygen atoms in total. The van der Waals surface area contributed by atoms with Crippen molar-refractivity contribution in [1.29, 1.82) is 0 Å². The molecule has 0 fully saturated rings. The third-order valence-corrected chi connectivity index (χ3v) is 10.1. The van der Waals surface area contributed by atoms with E-state index in [0.29, 0.717) is 0 Å². The molecule has 0 amide bonds. The molecule has 0 aliphatic rings. The highest BCUT2D eigenvalue weighted by molar-refractivity contribution is 6.60. The Morgan fingerprint density at radius 3 is 1.09 bits per heavy atom. The maximum absolute atomic E-state index is 5.88. The van der Waals surface area contributed by atoms with Crippen molar-refractivity contribution in [3.63, 3.8) is 0 Å². The molecular formula is C27H60ClNO3Si. The van der Waals surface area contributed by atoms with Crippen molar-refractivity contribution in [2.75, 3.05) is 47.1 Å². The van der Waals surface area contributed by atoms with Gasteiger partial charge in [-0.25, -0.2) is 0 Å². The smallest absolute Gasteiger partial charge is 0.558 e. The summed E-state index contributed by atoms with van der Waals surface area (Å²) in [4.78, 5) is 0. The third kappa shape index (κ3) is 17.4. The van der Waals surface area contributed by atoms with E-state index in [1.54, 1.807) is 21.3 Å². The summed E-state index contributed by atoms with van der Waals surface area (Å²) in [6, 6.07) is 0. The second-order valence-electron chi connectivity index (χ2n) is 9.92. The van der Waals surface area contributed by atoms with Crippen LogP contribution in [0.15, 0.2) is 0 Å². The van der Waals surface area contributed by atoms with Gasteiger partial charge in [-0.05, 0) is 32.1 Å². The lowest BCUT2D eigenvalue weighted by molar-refractivity contribution is -0.921. The molecule has 0 aromatic rings. The Bertz CT molecular complexity index is 369. The summed E-state index contributed by atoms with van der Waals surface area (Å²) >= 11 is 0. The number of hydrogen-bond acceptors (Lipinski definition) is 3. The van der Waals surface area contributed by atoms with Crippen molar-refractivity contribution in [3.8, 4) is 0 Å². The maximum atomic E-state index is 5.88. The SMILES string of the molecule is CCCCCCCCCC[N+](CCC)(CCCCCCCCCC)C[Si](OC)(OC)OC.[Cl-]. The lowest BCUT2D eigenvalue weighted by atomic mass is 10.1. The van der Waals surface area contributed by atoms with Crippen molar-refractivity contribution in [2.45, 2.75) is 130 Å². The Morgan fingerprint density at radius 2 is 0.788 bits per heavy atom. The van der Waals surface area contributed by atoms with E-state index in [4.69, 9.17) is 13.3 Å². The predicted octanol–water partition coefficient (Wildman–Crippen LogP) is 4.92. The highest BCUT2D eigenvalue weighted by Crippen LogP contribution is 2.22. The van der Waals surface area contributed by atoms with E-state index in [9.17, 15) is 0 Å². The summed E-state index contributed by atoms with van der Waals surface area (Å²) in [6.07, 6.45) is 24.1. The average molecular weight is 510 g/mol. The summed E-state index contributed by atoms with van der Waals surface area (Å²) in [5.74, 6) is 0. The van der Waals surface area contributed by atoms with Crippen LogP contribution in [0.3, 0.4) is 0 Å². The molecule has 0 aliphatic carbocycles. The van der Waals surface area contributed by atoms with Crippen LogP contribution in [0.5, 0.6) is 0 Å². The van der Waals surface area contributed by atoms with Crippen molar-refractivity contribution in [2.24, 2.45) is 0 Å². The molecule has 0 atom stereocenters. The molecule has 0 spiro atoms. The van der Waals surface area contributed by atoms with Gasteiger partial charge in [-0.1, -0.05) is 97.8 Å². The molecule has 0 aromatic carbocycles. The van der Waals surface area contributed by atoms with Crippen LogP contribution in [0.4, 0.5) is 0 Å². The molecule has 202 valence electrons. The third-order valence-electron chi connectivity index (χ3n) is 7.13. The molecule has 33 heavy (non-hydrogen) atoms. The van der Waals surface area contributed by atoms with Gasteiger partial charge in [-0.2, -0.15) is 0 Å². The molecule has 0 unspecified atom stereocenters. The van der Waals surface area contributed by atoms with Crippen LogP contribution in [-0.2, 0) is 13.3 Å². The molecule has 0 rings (SSSR count). The highest BCUT2D eigenvalue weighted by Gasteiger charge is 2.48. The van der Waals surface area contributed by atoms with Crippen molar-refractivity contribution < 1.29 is 30.2 Å². The number of unbranched alkanes of at least 4 members (excludes halogenated alkanes) is 14. The number of nitrogens with zero attached hydrogens (tertiary/aromatic N) is 1. The number of hydrogen-bond donors (Lipinski definition) is 0. The molecule has 0 N–H and O–H groups in total. The quantitative estimate of drug-likeness (QED) is 0.0993. The van der Waals surface area contributed by atoms with E-state index >= 15 is 0 Å². The maximum Gasteiger partial charge on any atom is 0.558 e. The molecule has 0 aliphatic heterocycles. The summed E-state index contributed by atoms with van der Waals surface area (Å²) in [5, 5.41) is 0. The van der Waals surface area contributed by atoms with Crippen molar-refractivity contribution in [3.05, 3.63) is 0 Å². The van der Waals surface area contributed by atoms with Gasteiger partial charge in [0, 0.05) is 21.3 Å². The van der Waals surface area contributed by atoms with Gasteiger partial charge < -0.3 is 30.2 Å². The van der Waals surface area contributed by atoms with E-state index < -0.39 is 8.80 Å². The zero-order valence-corrected chi connectivity index (χ0v) is 25.2. The molecule has 0 aromatic heterocycles. The minimum absolute atomic E-state index is 0. The molecule has 0 heterocycles. The van der Waals surface area contributed by atoms with Gasteiger partial charge in [0.2, 0.25) is 0 Å².